The van der Waals surface area contributed by atoms with Crippen LogP contribution in [0.1, 0.15) is 247 Å². The second-order valence-electron chi connectivity index (χ2n) is 40.2. The number of hydrogen-bond acceptors (Lipinski definition) is 21. The molecule has 0 aromatic rings. The number of hydrogen-bond donors (Lipinski definition) is 10. The number of carbonyl (C=O) groups is 14. The fourth-order valence-corrected chi connectivity index (χ4v) is 15.7. The molecule has 0 heterocycles. The summed E-state index contributed by atoms with van der Waals surface area (Å²) in [4.78, 5) is 163. The van der Waals surface area contributed by atoms with Crippen LogP contribution in [0.15, 0.2) is 85.1 Å². The molecule has 12 atom stereocenters. The van der Waals surface area contributed by atoms with E-state index >= 15 is 0 Å². The first-order chi connectivity index (χ1) is 60.6. The fourth-order valence-electron chi connectivity index (χ4n) is 11.3. The monoisotopic (exact) mass is 2590 g/mol. The number of nitrogens with one attached hydrogen (secondary N) is 6. The summed E-state index contributed by atoms with van der Waals surface area (Å²) >= 11 is 25.7. The molecule has 0 aliphatic carbocycles. The SMILES string of the molecule is C.C.C=C(C)C(=O)OC(C)(C)C.C=C(CNC(=O)C(F)C(F)C(=O)NCC(=C)C(C)(C)CC(C)(Br)C(=O)O)C(C)(C)CC(C)(Br)C(=O)O.C=C(CNC(=O)C(F)C(F)C(=O)NCC(=C)C(C)(C)CC(C)(Br)C(=O)OC(C)(C)C)C(C)(C)CC(C)(Br)C(=O)OC(C)(C)C.C=C(CNC(=O)C(F)C(F)C(=O)NCC(=C)C(C)(C)CC(C)(Br)C(=O)[O-])C(C)(C)CC(C)(Br)C(=O)[O-].CO.O=C(O)C(F)(F)F.[Cu][Br].[Na+].[Na+].[Na+].[OH-]. The maximum Gasteiger partial charge on any atom is 1.00 e. The first-order valence-corrected chi connectivity index (χ1v) is 48.5. The number of halogens is 16. The van der Waals surface area contributed by atoms with E-state index in [0.717, 1.165) is 7.11 Å². The van der Waals surface area contributed by atoms with E-state index in [9.17, 15) is 122 Å². The van der Waals surface area contributed by atoms with Gasteiger partial charge in [-0.1, -0.05) is 273 Å². The van der Waals surface area contributed by atoms with Gasteiger partial charge in [0.05, 0.1) is 20.6 Å². The molecule has 143 heavy (non-hydrogen) atoms. The summed E-state index contributed by atoms with van der Waals surface area (Å²) in [6.45, 7) is 72.5. The molecule has 12 unspecified atom stereocenters. The van der Waals surface area contributed by atoms with Crippen molar-refractivity contribution in [2.75, 3.05) is 46.4 Å². The number of rotatable bonds is 46. The predicted octanol–water partition coefficient (Wildman–Crippen LogP) is 7.89. The Morgan fingerprint density at radius 1 is 0.308 bits per heavy atom. The van der Waals surface area contributed by atoms with Gasteiger partial charge in [-0.25, -0.2) is 35.9 Å². The Labute approximate surface area is 971 Å². The third-order valence-electron chi connectivity index (χ3n) is 19.9. The van der Waals surface area contributed by atoms with Gasteiger partial charge in [-0.2, -0.15) is 13.2 Å². The molecule has 0 aromatic carbocycles. The van der Waals surface area contributed by atoms with E-state index in [1.165, 1.54) is 27.7 Å². The molecule has 6 amide bonds. The van der Waals surface area contributed by atoms with Crippen LogP contribution in [0.5, 0.6) is 0 Å². The predicted molar refractivity (Wildman–Crippen MR) is 540 cm³/mol. The topological polar surface area (TPSA) is 496 Å². The van der Waals surface area contributed by atoms with Crippen molar-refractivity contribution in [3.05, 3.63) is 85.1 Å². The zero-order valence-corrected chi connectivity index (χ0v) is 105. The molecule has 0 saturated carbocycles. The van der Waals surface area contributed by atoms with Gasteiger partial charge in [0.2, 0.25) is 37.0 Å². The third-order valence-corrected chi connectivity index (χ3v) is 23.6. The molecule has 30 nitrogen and oxygen atoms in total. The van der Waals surface area contributed by atoms with Crippen molar-refractivity contribution < 1.29 is 260 Å². The number of alkyl halides is 15. The van der Waals surface area contributed by atoms with Gasteiger partial charge in [-0.05, 0) is 182 Å². The molecule has 0 bridgehead atoms. The van der Waals surface area contributed by atoms with E-state index in [1.807, 2.05) is 20.8 Å². The van der Waals surface area contributed by atoms with Crippen LogP contribution >= 0.6 is 110 Å². The third kappa shape index (κ3) is 67.9. The Kier molecular flexibility index (Phi) is 81.5. The molecule has 0 aromatic heterocycles. The Balaban J connectivity index is -0.000000144. The summed E-state index contributed by atoms with van der Waals surface area (Å²) in [6, 6.07) is 0. The first-order valence-electron chi connectivity index (χ1n) is 41.4. The summed E-state index contributed by atoms with van der Waals surface area (Å²) in [5, 5.41) is 68.4. The quantitative estimate of drug-likeness (QED) is 0.00526. The zero-order valence-electron chi connectivity index (χ0n) is 86.7. The van der Waals surface area contributed by atoms with Crippen LogP contribution in [0.3, 0.4) is 0 Å². The molecule has 50 heteroatoms. The normalized spacial score (nSPS) is 15.2. The molecule has 0 radical (unpaired) electrons. The molecular formula is C93H150Br7CuF9N6Na3O24. The number of carboxylic acids is 5. The van der Waals surface area contributed by atoms with Crippen molar-refractivity contribution in [3.63, 3.8) is 0 Å². The van der Waals surface area contributed by atoms with Crippen LogP contribution in [-0.4, -0.2) is 241 Å². The summed E-state index contributed by atoms with van der Waals surface area (Å²) in [5.41, 5.74) is -3.60. The molecular weight excluding hydrogens is 2450 g/mol. The van der Waals surface area contributed by atoms with E-state index in [-0.39, 0.29) is 193 Å². The minimum atomic E-state index is -5.08. The van der Waals surface area contributed by atoms with Crippen LogP contribution in [0, 0.1) is 32.5 Å². The van der Waals surface area contributed by atoms with Gasteiger partial charge in [-0.15, -0.1) is 0 Å². The van der Waals surface area contributed by atoms with E-state index in [0.29, 0.717) is 39.0 Å². The summed E-state index contributed by atoms with van der Waals surface area (Å²) < 4.78 is 127. The van der Waals surface area contributed by atoms with Crippen molar-refractivity contribution in [1.29, 1.82) is 0 Å². The molecule has 822 valence electrons. The number of aliphatic hydroxyl groups is 1. The van der Waals surface area contributed by atoms with Gasteiger partial charge in [-0.3, -0.25) is 47.9 Å². The maximum atomic E-state index is 14.7. The van der Waals surface area contributed by atoms with Crippen LogP contribution < -0.4 is 131 Å². The van der Waals surface area contributed by atoms with E-state index in [2.05, 4.69) is 202 Å². The van der Waals surface area contributed by atoms with Crippen molar-refractivity contribution in [1.82, 2.24) is 31.9 Å². The van der Waals surface area contributed by atoms with Crippen molar-refractivity contribution in [2.45, 2.75) is 333 Å². The minimum Gasteiger partial charge on any atom is -0.870 e. The smallest absolute Gasteiger partial charge is 0.870 e. The van der Waals surface area contributed by atoms with Crippen LogP contribution in [0.4, 0.5) is 39.5 Å². The standard InChI is InChI=1S/C32H52Br2F2N2O6.2C24H36Br2F2N2O6.C8H14O2.C2HF3O2.CH4O.2CH4.BrH.Cu.3Na.H2O/c1-19(29(9,10)17-31(13,33)25(41)43-27(3,4)5)15-37-23(39)21(35)22(36)24(40)38-16-20(2)30(11,12)18-32(14,34)26(42)44-28(6,7)8;2*1-13(21(3,4)11-23(7,25)19(33)34)9-29-17(31)15(27)16(28)18(32)30-10-14(2)22(5,6)12-24(8,26)20(35)36;1-6(2)7(9)10-8(3,4)5;3-2(4,5)1(6)7;1-2;;;;;;;;/h21-22H,1-2,15-18H2,3-14H3,(H,37,39)(H,38,40);2*15-16H,1-2,9-12H2,3-8H3,(H,29,31)(H,30,32)(H,33,34)(H,35,36);1H2,2-5H3;(H,6,7);2H,1H3;2*1H4;1H;;;;;1H2/q;;;;;;;;;4*+1;/p-4. The van der Waals surface area contributed by atoms with Gasteiger partial charge in [0.25, 0.3) is 35.4 Å². The van der Waals surface area contributed by atoms with Crippen LogP contribution in [0.25, 0.3) is 0 Å². The number of aliphatic hydroxyl groups excluding tert-OH is 1. The van der Waals surface area contributed by atoms with Crippen molar-refractivity contribution >= 4 is 193 Å². The van der Waals surface area contributed by atoms with E-state index in [4.69, 9.17) is 29.2 Å². The summed E-state index contributed by atoms with van der Waals surface area (Å²) in [6.07, 6.45) is -21.0. The second kappa shape index (κ2) is 69.6. The molecule has 0 aliphatic heterocycles. The maximum absolute atomic E-state index is 14.7. The first kappa shape index (κ1) is 168. The number of esters is 3. The molecule has 0 fully saturated rings. The number of carboxylic acid groups (broad SMARTS) is 5. The number of ether oxygens (including phenoxy) is 3. The number of amides is 6. The van der Waals surface area contributed by atoms with Gasteiger partial charge in [0.1, 0.15) is 34.1 Å². The number of carbonyl (C=O) groups excluding carboxylic acids is 11. The Morgan fingerprint density at radius 2 is 0.441 bits per heavy atom. The van der Waals surface area contributed by atoms with Gasteiger partial charge >= 0.3 is 159 Å². The molecule has 0 saturated heterocycles. The van der Waals surface area contributed by atoms with Crippen molar-refractivity contribution in [2.24, 2.45) is 32.5 Å². The van der Waals surface area contributed by atoms with E-state index in [1.54, 1.807) is 145 Å². The summed E-state index contributed by atoms with van der Waals surface area (Å²) in [7, 11) is 1.00. The van der Waals surface area contributed by atoms with E-state index < -0.39 is 196 Å². The zero-order chi connectivity index (χ0) is 111. The van der Waals surface area contributed by atoms with Gasteiger partial charge in [0.15, 0.2) is 0 Å². The van der Waals surface area contributed by atoms with Crippen LogP contribution in [-0.2, 0) is 95.5 Å². The minimum absolute atomic E-state index is 0. The average molecular weight is 2600 g/mol. The molecule has 0 rings (SSSR count). The van der Waals surface area contributed by atoms with Gasteiger partial charge < -0.3 is 91.8 Å². The molecule has 0 spiro atoms. The Bertz CT molecular complexity index is 3880. The largest absolute Gasteiger partial charge is 1.00 e. The van der Waals surface area contributed by atoms with Gasteiger partial charge in [0, 0.05) is 52.0 Å². The van der Waals surface area contributed by atoms with Crippen LogP contribution in [0.2, 0.25) is 0 Å². The Morgan fingerprint density at radius 3 is 0.545 bits per heavy atom. The summed E-state index contributed by atoms with van der Waals surface area (Å²) in [5.74, 6) is -17.0. The van der Waals surface area contributed by atoms with Crippen molar-refractivity contribution in [3.8, 4) is 0 Å². The molecule has 11 N–H and O–H groups in total. The molecule has 0 aliphatic rings. The second-order valence-corrected chi connectivity index (χ2v) is 50.7. The average Bonchev–Trinajstić information content (AvgIpc) is 1.02. The number of aliphatic carboxylic acids is 5. The Hall–Kier alpha value is -3.07. The fraction of sp³-hybridized carbons (Fsp3) is 0.699.